The summed E-state index contributed by atoms with van der Waals surface area (Å²) >= 11 is 1.80. The van der Waals surface area contributed by atoms with E-state index in [-0.39, 0.29) is 5.56 Å². The van der Waals surface area contributed by atoms with Gasteiger partial charge >= 0.3 is 5.97 Å². The van der Waals surface area contributed by atoms with E-state index < -0.39 is 11.8 Å². The number of carbonyl (C=O) groups excluding carboxylic acids is 1. The Morgan fingerprint density at radius 1 is 1.62 bits per heavy atom. The standard InChI is InChI=1S/C8H7FINO2/c1-13-8(12)6-4(9)2-3-5(11)7(6)10/h2-3H,11H2,1H3. The van der Waals surface area contributed by atoms with Crippen molar-refractivity contribution in [3.05, 3.63) is 27.1 Å². The number of anilines is 1. The molecule has 0 unspecified atom stereocenters. The molecule has 0 saturated carbocycles. The van der Waals surface area contributed by atoms with Crippen LogP contribution >= 0.6 is 22.6 Å². The highest BCUT2D eigenvalue weighted by Gasteiger charge is 2.17. The molecule has 1 aromatic carbocycles. The number of ether oxygens (including phenoxy) is 1. The molecule has 70 valence electrons. The average molecular weight is 295 g/mol. The van der Waals surface area contributed by atoms with Gasteiger partial charge in [0.2, 0.25) is 0 Å². The second-order valence-electron chi connectivity index (χ2n) is 2.32. The summed E-state index contributed by atoms with van der Waals surface area (Å²) in [7, 11) is 1.20. The van der Waals surface area contributed by atoms with Crippen molar-refractivity contribution < 1.29 is 13.9 Å². The molecule has 0 aliphatic carbocycles. The summed E-state index contributed by atoms with van der Waals surface area (Å²) in [6, 6.07) is 2.55. The van der Waals surface area contributed by atoms with Crippen LogP contribution in [0.4, 0.5) is 10.1 Å². The molecule has 3 nitrogen and oxygen atoms in total. The summed E-state index contributed by atoms with van der Waals surface area (Å²) in [5, 5.41) is 0. The Labute approximate surface area is 88.2 Å². The van der Waals surface area contributed by atoms with Gasteiger partial charge in [-0.2, -0.15) is 0 Å². The minimum absolute atomic E-state index is 0.108. The van der Waals surface area contributed by atoms with Crippen LogP contribution in [-0.2, 0) is 4.74 Å². The van der Waals surface area contributed by atoms with E-state index in [1.807, 2.05) is 0 Å². The number of halogens is 2. The third-order valence-electron chi connectivity index (χ3n) is 1.51. The van der Waals surface area contributed by atoms with E-state index in [0.717, 1.165) is 6.07 Å². The molecule has 0 fully saturated rings. The smallest absolute Gasteiger partial charge is 0.342 e. The van der Waals surface area contributed by atoms with Gasteiger partial charge in [-0.3, -0.25) is 0 Å². The topological polar surface area (TPSA) is 52.3 Å². The molecule has 0 aromatic heterocycles. The van der Waals surface area contributed by atoms with E-state index in [4.69, 9.17) is 5.73 Å². The first-order valence-corrected chi connectivity index (χ1v) is 4.47. The van der Waals surface area contributed by atoms with Crippen LogP contribution < -0.4 is 5.73 Å². The quantitative estimate of drug-likeness (QED) is 0.488. The fourth-order valence-corrected chi connectivity index (χ4v) is 1.52. The minimum atomic E-state index is -0.714. The van der Waals surface area contributed by atoms with Crippen LogP contribution in [0.2, 0.25) is 0 Å². The van der Waals surface area contributed by atoms with Crippen LogP contribution in [0.3, 0.4) is 0 Å². The Hall–Kier alpha value is -0.850. The van der Waals surface area contributed by atoms with Crippen molar-refractivity contribution >= 4 is 34.2 Å². The van der Waals surface area contributed by atoms with E-state index in [9.17, 15) is 9.18 Å². The maximum atomic E-state index is 13.1. The van der Waals surface area contributed by atoms with Crippen molar-refractivity contribution in [1.29, 1.82) is 0 Å². The fourth-order valence-electron chi connectivity index (χ4n) is 0.858. The van der Waals surface area contributed by atoms with E-state index in [1.165, 1.54) is 13.2 Å². The Kier molecular flexibility index (Phi) is 3.07. The first-order valence-electron chi connectivity index (χ1n) is 3.39. The molecule has 13 heavy (non-hydrogen) atoms. The number of benzene rings is 1. The Bertz CT molecular complexity index is 354. The Morgan fingerprint density at radius 3 is 2.77 bits per heavy atom. The number of rotatable bonds is 1. The average Bonchev–Trinajstić information content (AvgIpc) is 2.12. The van der Waals surface area contributed by atoms with Crippen molar-refractivity contribution in [1.82, 2.24) is 0 Å². The van der Waals surface area contributed by atoms with E-state index in [0.29, 0.717) is 9.26 Å². The third-order valence-corrected chi connectivity index (χ3v) is 2.67. The van der Waals surface area contributed by atoms with Gasteiger partial charge < -0.3 is 10.5 Å². The Morgan fingerprint density at radius 2 is 2.23 bits per heavy atom. The van der Waals surface area contributed by atoms with Crippen molar-refractivity contribution in [2.45, 2.75) is 0 Å². The van der Waals surface area contributed by atoms with Crippen molar-refractivity contribution in [2.24, 2.45) is 0 Å². The number of esters is 1. The second-order valence-corrected chi connectivity index (χ2v) is 3.40. The summed E-state index contributed by atoms with van der Waals surface area (Å²) in [5.74, 6) is -1.33. The number of nitrogens with two attached hydrogens (primary N) is 1. The Balaban J connectivity index is 3.33. The number of carbonyl (C=O) groups is 1. The van der Waals surface area contributed by atoms with Crippen LogP contribution in [0, 0.1) is 9.39 Å². The number of nitrogen functional groups attached to an aromatic ring is 1. The third kappa shape index (κ3) is 1.90. The zero-order chi connectivity index (χ0) is 10.0. The largest absolute Gasteiger partial charge is 0.465 e. The number of hydrogen-bond donors (Lipinski definition) is 1. The van der Waals surface area contributed by atoms with Crippen LogP contribution in [0.1, 0.15) is 10.4 Å². The van der Waals surface area contributed by atoms with Gasteiger partial charge in [0.15, 0.2) is 0 Å². The molecule has 1 rings (SSSR count). The van der Waals surface area contributed by atoms with Crippen LogP contribution in [0.5, 0.6) is 0 Å². The minimum Gasteiger partial charge on any atom is -0.465 e. The van der Waals surface area contributed by atoms with Gasteiger partial charge in [0.1, 0.15) is 11.4 Å². The molecule has 0 saturated heterocycles. The lowest BCUT2D eigenvalue weighted by atomic mass is 10.2. The lowest BCUT2D eigenvalue weighted by Gasteiger charge is -2.05. The van der Waals surface area contributed by atoms with Gasteiger partial charge in [0, 0.05) is 5.69 Å². The normalized spacial score (nSPS) is 9.77. The van der Waals surface area contributed by atoms with Crippen molar-refractivity contribution in [3.63, 3.8) is 0 Å². The molecule has 2 N–H and O–H groups in total. The molecule has 0 spiro atoms. The lowest BCUT2D eigenvalue weighted by Crippen LogP contribution is -2.08. The molecule has 0 atom stereocenters. The highest BCUT2D eigenvalue weighted by atomic mass is 127. The maximum Gasteiger partial charge on any atom is 0.342 e. The number of methoxy groups -OCH3 is 1. The summed E-state index contributed by atoms with van der Waals surface area (Å²) < 4.78 is 17.9. The SMILES string of the molecule is COC(=O)c1c(F)ccc(N)c1I. The predicted molar refractivity (Wildman–Crippen MR) is 54.9 cm³/mol. The second kappa shape index (κ2) is 3.91. The van der Waals surface area contributed by atoms with E-state index in [1.54, 1.807) is 22.6 Å². The number of hydrogen-bond acceptors (Lipinski definition) is 3. The van der Waals surface area contributed by atoms with Crippen molar-refractivity contribution in [3.8, 4) is 0 Å². The van der Waals surface area contributed by atoms with Gasteiger partial charge in [-0.05, 0) is 34.7 Å². The zero-order valence-electron chi connectivity index (χ0n) is 6.80. The first-order chi connectivity index (χ1) is 6.07. The molecule has 0 amide bonds. The monoisotopic (exact) mass is 295 g/mol. The summed E-state index contributed by atoms with van der Waals surface area (Å²) in [6.07, 6.45) is 0. The molecule has 0 aliphatic rings. The van der Waals surface area contributed by atoms with Gasteiger partial charge in [-0.1, -0.05) is 0 Å². The van der Waals surface area contributed by atoms with Gasteiger partial charge in [0.25, 0.3) is 0 Å². The lowest BCUT2D eigenvalue weighted by molar-refractivity contribution is 0.0594. The molecule has 0 bridgehead atoms. The molecule has 0 heterocycles. The van der Waals surface area contributed by atoms with E-state index in [2.05, 4.69) is 4.74 Å². The van der Waals surface area contributed by atoms with Crippen LogP contribution in [0.25, 0.3) is 0 Å². The molecule has 0 radical (unpaired) electrons. The van der Waals surface area contributed by atoms with Gasteiger partial charge in [-0.25, -0.2) is 9.18 Å². The van der Waals surface area contributed by atoms with Gasteiger partial charge in [-0.15, -0.1) is 0 Å². The molecule has 0 aliphatic heterocycles. The zero-order valence-corrected chi connectivity index (χ0v) is 8.96. The maximum absolute atomic E-state index is 13.1. The van der Waals surface area contributed by atoms with Crippen LogP contribution in [0.15, 0.2) is 12.1 Å². The molecule has 1 aromatic rings. The van der Waals surface area contributed by atoms with Crippen molar-refractivity contribution in [2.75, 3.05) is 12.8 Å². The summed E-state index contributed by atoms with van der Waals surface area (Å²) in [4.78, 5) is 11.1. The van der Waals surface area contributed by atoms with E-state index >= 15 is 0 Å². The summed E-state index contributed by atoms with van der Waals surface area (Å²) in [5.41, 5.74) is 5.76. The molecular weight excluding hydrogens is 288 g/mol. The highest BCUT2D eigenvalue weighted by Crippen LogP contribution is 2.22. The fraction of sp³-hybridized carbons (Fsp3) is 0.125. The molecular formula is C8H7FINO2. The predicted octanol–water partition coefficient (Wildman–Crippen LogP) is 1.80. The highest BCUT2D eigenvalue weighted by molar-refractivity contribution is 14.1. The summed E-state index contributed by atoms with van der Waals surface area (Å²) in [6.45, 7) is 0. The molecule has 5 heteroatoms. The van der Waals surface area contributed by atoms with Gasteiger partial charge in [0.05, 0.1) is 10.7 Å². The first kappa shape index (κ1) is 10.2. The van der Waals surface area contributed by atoms with Crippen LogP contribution in [-0.4, -0.2) is 13.1 Å².